The van der Waals surface area contributed by atoms with Crippen molar-refractivity contribution >= 4 is 28.5 Å². The second kappa shape index (κ2) is 7.93. The molecule has 0 saturated carbocycles. The van der Waals surface area contributed by atoms with Crippen LogP contribution in [0.15, 0.2) is 55.1 Å². The number of imidazole rings is 1. The van der Waals surface area contributed by atoms with Gasteiger partial charge in [0.05, 0.1) is 17.7 Å². The van der Waals surface area contributed by atoms with Crippen LogP contribution in [0.5, 0.6) is 0 Å². The number of piperazine rings is 1. The van der Waals surface area contributed by atoms with Crippen molar-refractivity contribution in [2.24, 2.45) is 0 Å². The fraction of sp³-hybridized carbons (Fsp3) is 0.227. The molecule has 1 aromatic carbocycles. The molecule has 0 spiro atoms. The molecule has 4 heterocycles. The highest BCUT2D eigenvalue weighted by Gasteiger charge is 2.22. The summed E-state index contributed by atoms with van der Waals surface area (Å²) < 4.78 is 1.94. The molecule has 8 heteroatoms. The third-order valence-electron chi connectivity index (χ3n) is 5.45. The fourth-order valence-electron chi connectivity index (χ4n) is 3.93. The van der Waals surface area contributed by atoms with Gasteiger partial charge in [0.25, 0.3) is 0 Å². The van der Waals surface area contributed by atoms with Crippen LogP contribution in [-0.2, 0) is 11.3 Å². The van der Waals surface area contributed by atoms with Crippen molar-refractivity contribution in [3.63, 3.8) is 0 Å². The van der Waals surface area contributed by atoms with Crippen molar-refractivity contribution < 1.29 is 4.79 Å². The van der Waals surface area contributed by atoms with Crippen LogP contribution in [0, 0.1) is 0 Å². The van der Waals surface area contributed by atoms with Crippen molar-refractivity contribution in [1.29, 1.82) is 0 Å². The predicted octanol–water partition coefficient (Wildman–Crippen LogP) is 3.18. The van der Waals surface area contributed by atoms with E-state index in [0.717, 1.165) is 59.7 Å². The molecule has 30 heavy (non-hydrogen) atoms. The third kappa shape index (κ3) is 3.46. The number of aromatic nitrogens is 4. The molecule has 1 amide bonds. The van der Waals surface area contributed by atoms with Crippen LogP contribution in [-0.4, -0.2) is 56.5 Å². The molecule has 152 valence electrons. The normalized spacial score (nSPS) is 14.4. The zero-order valence-electron chi connectivity index (χ0n) is 16.3. The van der Waals surface area contributed by atoms with Gasteiger partial charge in [-0.05, 0) is 24.3 Å². The molecule has 0 bridgehead atoms. The number of carbonyl (C=O) groups excluding carboxylic acids is 1. The van der Waals surface area contributed by atoms with Crippen molar-refractivity contribution in [2.45, 2.75) is 6.54 Å². The number of hydrogen-bond acceptors (Lipinski definition) is 4. The number of H-pyrrole nitrogens is 1. The Labute approximate surface area is 178 Å². The van der Waals surface area contributed by atoms with E-state index in [-0.39, 0.29) is 12.5 Å². The highest BCUT2D eigenvalue weighted by molar-refractivity contribution is 6.30. The fourth-order valence-corrected chi connectivity index (χ4v) is 4.06. The number of fused-ring (bicyclic) bond motifs is 1. The minimum Gasteiger partial charge on any atom is -0.346 e. The van der Waals surface area contributed by atoms with E-state index in [2.05, 4.69) is 20.3 Å². The number of pyridine rings is 1. The Morgan fingerprint density at radius 3 is 2.67 bits per heavy atom. The first-order valence-electron chi connectivity index (χ1n) is 9.93. The van der Waals surface area contributed by atoms with E-state index >= 15 is 0 Å². The van der Waals surface area contributed by atoms with Crippen LogP contribution in [0.4, 0.5) is 0 Å². The van der Waals surface area contributed by atoms with Gasteiger partial charge in [0, 0.05) is 60.1 Å². The lowest BCUT2D eigenvalue weighted by Crippen LogP contribution is -2.47. The standard InChI is InChI=1S/C22H21ClN6O/c23-16-3-1-15(2-4-16)20-21(17-5-7-25-22-18(17)6-8-26-22)29(14-27-20)13-19(30)28-11-9-24-10-12-28/h1-8,14,24H,9-13H2,(H,25,26). The van der Waals surface area contributed by atoms with Crippen molar-refractivity contribution in [1.82, 2.24) is 29.7 Å². The van der Waals surface area contributed by atoms with Gasteiger partial charge in [0.1, 0.15) is 12.2 Å². The molecule has 2 N–H and O–H groups in total. The van der Waals surface area contributed by atoms with Crippen LogP contribution in [0.3, 0.4) is 0 Å². The van der Waals surface area contributed by atoms with E-state index < -0.39 is 0 Å². The monoisotopic (exact) mass is 420 g/mol. The molecule has 1 saturated heterocycles. The van der Waals surface area contributed by atoms with E-state index in [1.165, 1.54) is 0 Å². The summed E-state index contributed by atoms with van der Waals surface area (Å²) in [7, 11) is 0. The summed E-state index contributed by atoms with van der Waals surface area (Å²) in [6, 6.07) is 11.6. The van der Waals surface area contributed by atoms with Crippen LogP contribution in [0.1, 0.15) is 0 Å². The van der Waals surface area contributed by atoms with Gasteiger partial charge >= 0.3 is 0 Å². The topological polar surface area (TPSA) is 78.8 Å². The lowest BCUT2D eigenvalue weighted by atomic mass is 10.0. The molecule has 0 atom stereocenters. The Morgan fingerprint density at radius 1 is 1.07 bits per heavy atom. The molecule has 3 aromatic heterocycles. The summed E-state index contributed by atoms with van der Waals surface area (Å²) in [5.74, 6) is 0.0946. The van der Waals surface area contributed by atoms with Crippen molar-refractivity contribution in [2.75, 3.05) is 26.2 Å². The number of nitrogens with one attached hydrogen (secondary N) is 2. The summed E-state index contributed by atoms with van der Waals surface area (Å²) in [5.41, 5.74) is 4.44. The van der Waals surface area contributed by atoms with Gasteiger partial charge in [-0.3, -0.25) is 4.79 Å². The Hall–Kier alpha value is -3.16. The molecule has 1 aliphatic heterocycles. The smallest absolute Gasteiger partial charge is 0.242 e. The molecule has 5 rings (SSSR count). The lowest BCUT2D eigenvalue weighted by molar-refractivity contribution is -0.132. The zero-order valence-corrected chi connectivity index (χ0v) is 17.1. The quantitative estimate of drug-likeness (QED) is 0.531. The molecular weight excluding hydrogens is 400 g/mol. The molecule has 4 aromatic rings. The van der Waals surface area contributed by atoms with E-state index in [1.807, 2.05) is 52.1 Å². The molecular formula is C22H21ClN6O. The maximum atomic E-state index is 13.0. The highest BCUT2D eigenvalue weighted by atomic mass is 35.5. The zero-order chi connectivity index (χ0) is 20.5. The molecule has 0 aliphatic carbocycles. The van der Waals surface area contributed by atoms with Gasteiger partial charge in [0.2, 0.25) is 5.91 Å². The summed E-state index contributed by atoms with van der Waals surface area (Å²) in [6.07, 6.45) is 5.39. The number of amides is 1. The maximum Gasteiger partial charge on any atom is 0.242 e. The predicted molar refractivity (Wildman–Crippen MR) is 117 cm³/mol. The first-order valence-corrected chi connectivity index (χ1v) is 10.3. The van der Waals surface area contributed by atoms with Crippen molar-refractivity contribution in [3.05, 3.63) is 60.1 Å². The van der Waals surface area contributed by atoms with Gasteiger partial charge < -0.3 is 19.8 Å². The van der Waals surface area contributed by atoms with Crippen LogP contribution in [0.2, 0.25) is 5.02 Å². The number of halogens is 1. The Balaban J connectivity index is 1.61. The first-order chi connectivity index (χ1) is 14.7. The van der Waals surface area contributed by atoms with E-state index in [1.54, 1.807) is 12.5 Å². The van der Waals surface area contributed by atoms with E-state index in [4.69, 9.17) is 11.6 Å². The van der Waals surface area contributed by atoms with Crippen molar-refractivity contribution in [3.8, 4) is 22.5 Å². The van der Waals surface area contributed by atoms with Gasteiger partial charge in [-0.2, -0.15) is 0 Å². The third-order valence-corrected chi connectivity index (χ3v) is 5.70. The molecule has 7 nitrogen and oxygen atoms in total. The molecule has 1 aliphatic rings. The minimum absolute atomic E-state index is 0.0946. The Morgan fingerprint density at radius 2 is 1.87 bits per heavy atom. The SMILES string of the molecule is O=C(Cn1cnc(-c2ccc(Cl)cc2)c1-c1ccnc2[nH]ccc12)N1CCNCC1. The number of hydrogen-bond donors (Lipinski definition) is 2. The summed E-state index contributed by atoms with van der Waals surface area (Å²) in [5, 5.41) is 4.95. The number of benzene rings is 1. The molecule has 0 unspecified atom stereocenters. The van der Waals surface area contributed by atoms with E-state index in [9.17, 15) is 4.79 Å². The van der Waals surface area contributed by atoms with Gasteiger partial charge in [-0.25, -0.2) is 9.97 Å². The maximum absolute atomic E-state index is 13.0. The average molecular weight is 421 g/mol. The lowest BCUT2D eigenvalue weighted by Gasteiger charge is -2.27. The van der Waals surface area contributed by atoms with Crippen LogP contribution < -0.4 is 5.32 Å². The van der Waals surface area contributed by atoms with E-state index in [0.29, 0.717) is 5.02 Å². The van der Waals surface area contributed by atoms with Crippen LogP contribution in [0.25, 0.3) is 33.5 Å². The number of aromatic amines is 1. The van der Waals surface area contributed by atoms with Gasteiger partial charge in [-0.15, -0.1) is 0 Å². The second-order valence-electron chi connectivity index (χ2n) is 7.31. The number of carbonyl (C=O) groups is 1. The minimum atomic E-state index is 0.0946. The largest absolute Gasteiger partial charge is 0.346 e. The summed E-state index contributed by atoms with van der Waals surface area (Å²) in [6.45, 7) is 3.35. The van der Waals surface area contributed by atoms with Gasteiger partial charge in [-0.1, -0.05) is 23.7 Å². The number of rotatable bonds is 4. The summed E-state index contributed by atoms with van der Waals surface area (Å²) >= 11 is 6.09. The Bertz CT molecular complexity index is 1190. The second-order valence-corrected chi connectivity index (χ2v) is 7.74. The van der Waals surface area contributed by atoms with Crippen LogP contribution >= 0.6 is 11.6 Å². The first kappa shape index (κ1) is 18.8. The average Bonchev–Trinajstić information content (AvgIpc) is 3.42. The van der Waals surface area contributed by atoms with Gasteiger partial charge in [0.15, 0.2) is 0 Å². The molecule has 0 radical (unpaired) electrons. The Kier molecular flexibility index (Phi) is 4.98. The highest BCUT2D eigenvalue weighted by Crippen LogP contribution is 2.35. The molecule has 1 fully saturated rings. The summed E-state index contributed by atoms with van der Waals surface area (Å²) in [4.78, 5) is 27.1. The number of nitrogens with zero attached hydrogens (tertiary/aromatic N) is 4.